The number of halogens is 1. The van der Waals surface area contributed by atoms with Gasteiger partial charge in [-0.15, -0.1) is 0 Å². The summed E-state index contributed by atoms with van der Waals surface area (Å²) in [6, 6.07) is 11.1. The van der Waals surface area contributed by atoms with Crippen LogP contribution in [0.25, 0.3) is 0 Å². The lowest BCUT2D eigenvalue weighted by Gasteiger charge is -2.29. The average molecular weight is 388 g/mol. The first kappa shape index (κ1) is 19.0. The zero-order valence-electron chi connectivity index (χ0n) is 15.3. The van der Waals surface area contributed by atoms with Crippen molar-refractivity contribution in [1.29, 1.82) is 0 Å². The third kappa shape index (κ3) is 4.92. The number of amides is 2. The number of nitrogens with zero attached hydrogens (tertiary/aromatic N) is 1. The van der Waals surface area contributed by atoms with Gasteiger partial charge in [0.1, 0.15) is 5.75 Å². The second-order valence-electron chi connectivity index (χ2n) is 6.54. The van der Waals surface area contributed by atoms with Crippen LogP contribution in [0.4, 0.5) is 11.4 Å². The maximum atomic E-state index is 12.2. The van der Waals surface area contributed by atoms with Gasteiger partial charge in [0.15, 0.2) is 6.61 Å². The summed E-state index contributed by atoms with van der Waals surface area (Å²) in [4.78, 5) is 25.6. The van der Waals surface area contributed by atoms with Crippen LogP contribution in [0.15, 0.2) is 36.4 Å². The molecule has 1 heterocycles. The van der Waals surface area contributed by atoms with E-state index in [1.807, 2.05) is 43.0 Å². The summed E-state index contributed by atoms with van der Waals surface area (Å²) in [5.74, 6) is 0.391. The summed E-state index contributed by atoms with van der Waals surface area (Å²) in [5, 5.41) is 6.04. The van der Waals surface area contributed by atoms with Crippen molar-refractivity contribution in [3.63, 3.8) is 0 Å². The highest BCUT2D eigenvalue weighted by atomic mass is 35.5. The number of ether oxygens (including phenoxy) is 1. The van der Waals surface area contributed by atoms with Crippen LogP contribution >= 0.6 is 11.6 Å². The first-order valence-electron chi connectivity index (χ1n) is 8.73. The summed E-state index contributed by atoms with van der Waals surface area (Å²) in [6.45, 7) is 5.42. The van der Waals surface area contributed by atoms with E-state index in [2.05, 4.69) is 10.6 Å². The van der Waals surface area contributed by atoms with Gasteiger partial charge in [0.05, 0.1) is 17.3 Å². The summed E-state index contributed by atoms with van der Waals surface area (Å²) >= 11 is 6.35. The molecule has 1 fully saturated rings. The van der Waals surface area contributed by atoms with E-state index in [9.17, 15) is 9.59 Å². The Morgan fingerprint density at radius 1 is 1.26 bits per heavy atom. The van der Waals surface area contributed by atoms with Gasteiger partial charge in [-0.2, -0.15) is 0 Å². The minimum Gasteiger partial charge on any atom is -0.483 e. The van der Waals surface area contributed by atoms with Crippen LogP contribution in [0.1, 0.15) is 11.1 Å². The highest BCUT2D eigenvalue weighted by Crippen LogP contribution is 2.29. The predicted octanol–water partition coefficient (Wildman–Crippen LogP) is 2.91. The Morgan fingerprint density at radius 2 is 2.07 bits per heavy atom. The molecule has 2 aromatic carbocycles. The number of hydrogen-bond acceptors (Lipinski definition) is 4. The topological polar surface area (TPSA) is 70.7 Å². The zero-order valence-corrected chi connectivity index (χ0v) is 16.1. The molecular formula is C20H22ClN3O3. The molecule has 1 saturated heterocycles. The first-order chi connectivity index (χ1) is 12.9. The molecule has 6 nitrogen and oxygen atoms in total. The number of hydrogen-bond donors (Lipinski definition) is 2. The smallest absolute Gasteiger partial charge is 0.262 e. The van der Waals surface area contributed by atoms with Crippen LogP contribution in [-0.4, -0.2) is 38.1 Å². The number of carbonyl (C=O) groups excluding carboxylic acids is 2. The second-order valence-corrected chi connectivity index (χ2v) is 6.95. The van der Waals surface area contributed by atoms with Gasteiger partial charge in [0.2, 0.25) is 5.91 Å². The summed E-state index contributed by atoms with van der Waals surface area (Å²) in [6.07, 6.45) is 0. The Labute approximate surface area is 163 Å². The van der Waals surface area contributed by atoms with Gasteiger partial charge < -0.3 is 20.3 Å². The molecule has 2 N–H and O–H groups in total. The van der Waals surface area contributed by atoms with Crippen LogP contribution in [0.2, 0.25) is 5.02 Å². The molecule has 1 aliphatic heterocycles. The van der Waals surface area contributed by atoms with Crippen LogP contribution in [-0.2, 0) is 9.59 Å². The minimum absolute atomic E-state index is 0.0294. The molecular weight excluding hydrogens is 366 g/mol. The molecule has 0 aromatic heterocycles. The number of anilines is 2. The molecule has 27 heavy (non-hydrogen) atoms. The van der Waals surface area contributed by atoms with E-state index >= 15 is 0 Å². The van der Waals surface area contributed by atoms with Crippen molar-refractivity contribution in [2.75, 3.05) is 36.5 Å². The Hall–Kier alpha value is -2.73. The Balaban J connectivity index is 1.59. The fourth-order valence-electron chi connectivity index (χ4n) is 2.99. The third-order valence-electron chi connectivity index (χ3n) is 4.30. The molecule has 0 spiro atoms. The van der Waals surface area contributed by atoms with Crippen molar-refractivity contribution in [2.24, 2.45) is 0 Å². The van der Waals surface area contributed by atoms with Crippen molar-refractivity contribution < 1.29 is 14.3 Å². The second kappa shape index (κ2) is 8.31. The van der Waals surface area contributed by atoms with Crippen molar-refractivity contribution in [3.8, 4) is 5.75 Å². The third-order valence-corrected chi connectivity index (χ3v) is 4.60. The van der Waals surface area contributed by atoms with Crippen LogP contribution in [0, 0.1) is 13.8 Å². The largest absolute Gasteiger partial charge is 0.483 e. The number of piperazine rings is 1. The monoisotopic (exact) mass is 387 g/mol. The van der Waals surface area contributed by atoms with Gasteiger partial charge >= 0.3 is 0 Å². The molecule has 3 rings (SSSR count). The van der Waals surface area contributed by atoms with Gasteiger partial charge in [0.25, 0.3) is 5.91 Å². The van der Waals surface area contributed by atoms with E-state index in [4.69, 9.17) is 16.3 Å². The Morgan fingerprint density at radius 3 is 2.78 bits per heavy atom. The van der Waals surface area contributed by atoms with Crippen molar-refractivity contribution in [2.45, 2.75) is 13.8 Å². The van der Waals surface area contributed by atoms with Gasteiger partial charge in [-0.3, -0.25) is 9.59 Å². The zero-order chi connectivity index (χ0) is 19.4. The van der Waals surface area contributed by atoms with E-state index in [1.54, 1.807) is 12.1 Å². The maximum absolute atomic E-state index is 12.2. The molecule has 0 unspecified atom stereocenters. The standard InChI is InChI=1S/C20H22ClN3O3/c1-13-3-6-18(14(2)9-13)27-12-20(26)23-15-4-5-17(16(21)10-15)24-8-7-22-19(25)11-24/h3-6,9-10H,7-8,11-12H2,1-2H3,(H,22,25)(H,23,26). The summed E-state index contributed by atoms with van der Waals surface area (Å²) < 4.78 is 5.59. The van der Waals surface area contributed by atoms with Crippen molar-refractivity contribution in [3.05, 3.63) is 52.5 Å². The lowest BCUT2D eigenvalue weighted by atomic mass is 10.1. The maximum Gasteiger partial charge on any atom is 0.262 e. The minimum atomic E-state index is -0.267. The molecule has 0 atom stereocenters. The molecule has 2 aromatic rings. The van der Waals surface area contributed by atoms with Gasteiger partial charge in [-0.25, -0.2) is 0 Å². The predicted molar refractivity (Wildman–Crippen MR) is 107 cm³/mol. The number of nitrogens with one attached hydrogen (secondary N) is 2. The van der Waals surface area contributed by atoms with Crippen LogP contribution in [0.5, 0.6) is 5.75 Å². The molecule has 142 valence electrons. The lowest BCUT2D eigenvalue weighted by Crippen LogP contribution is -2.47. The molecule has 0 aliphatic carbocycles. The number of carbonyl (C=O) groups is 2. The van der Waals surface area contributed by atoms with Gasteiger partial charge in [-0.05, 0) is 43.7 Å². The van der Waals surface area contributed by atoms with E-state index in [-0.39, 0.29) is 25.0 Å². The van der Waals surface area contributed by atoms with Gasteiger partial charge in [0, 0.05) is 18.8 Å². The Bertz CT molecular complexity index is 870. The fraction of sp³-hybridized carbons (Fsp3) is 0.300. The molecule has 0 radical (unpaired) electrons. The van der Waals surface area contributed by atoms with Gasteiger partial charge in [-0.1, -0.05) is 29.3 Å². The summed E-state index contributed by atoms with van der Waals surface area (Å²) in [7, 11) is 0. The first-order valence-corrected chi connectivity index (χ1v) is 9.11. The molecule has 0 saturated carbocycles. The quantitative estimate of drug-likeness (QED) is 0.827. The van der Waals surface area contributed by atoms with Crippen molar-refractivity contribution in [1.82, 2.24) is 5.32 Å². The number of benzene rings is 2. The Kier molecular flexibility index (Phi) is 5.86. The lowest BCUT2D eigenvalue weighted by molar-refractivity contribution is -0.120. The summed E-state index contributed by atoms with van der Waals surface area (Å²) in [5.41, 5.74) is 3.49. The van der Waals surface area contributed by atoms with Crippen LogP contribution in [0.3, 0.4) is 0 Å². The highest BCUT2D eigenvalue weighted by molar-refractivity contribution is 6.33. The molecule has 0 bridgehead atoms. The van der Waals surface area contributed by atoms with E-state index in [1.165, 1.54) is 0 Å². The van der Waals surface area contributed by atoms with Crippen molar-refractivity contribution >= 4 is 34.8 Å². The molecule has 2 amide bonds. The van der Waals surface area contributed by atoms with E-state index in [0.717, 1.165) is 16.8 Å². The number of aryl methyl sites for hydroxylation is 2. The highest BCUT2D eigenvalue weighted by Gasteiger charge is 2.19. The number of rotatable bonds is 5. The van der Waals surface area contributed by atoms with E-state index < -0.39 is 0 Å². The molecule has 7 heteroatoms. The molecule has 1 aliphatic rings. The normalized spacial score (nSPS) is 13.9. The van der Waals surface area contributed by atoms with E-state index in [0.29, 0.717) is 29.5 Å². The SMILES string of the molecule is Cc1ccc(OCC(=O)Nc2ccc(N3CCNC(=O)C3)c(Cl)c2)c(C)c1. The fourth-order valence-corrected chi connectivity index (χ4v) is 3.29. The van der Waals surface area contributed by atoms with Crippen LogP contribution < -0.4 is 20.3 Å². The average Bonchev–Trinajstić information content (AvgIpc) is 2.61.